The molecule has 0 aliphatic heterocycles. The Kier molecular flexibility index (Phi) is 6.90. The van der Waals surface area contributed by atoms with Crippen molar-refractivity contribution in [1.82, 2.24) is 9.99 Å². The highest BCUT2D eigenvalue weighted by molar-refractivity contribution is 6.00. The molecule has 41 heavy (non-hydrogen) atoms. The Morgan fingerprint density at radius 1 is 0.732 bits per heavy atom. The van der Waals surface area contributed by atoms with Gasteiger partial charge in [0.2, 0.25) is 0 Å². The van der Waals surface area contributed by atoms with Crippen LogP contribution in [0.4, 0.5) is 5.69 Å². The van der Waals surface area contributed by atoms with Crippen LogP contribution in [0.3, 0.4) is 0 Å². The van der Waals surface area contributed by atoms with Crippen LogP contribution in [0.25, 0.3) is 39.0 Å². The molecular weight excluding hydrogens is 512 g/mol. The first kappa shape index (κ1) is 25.5. The van der Waals surface area contributed by atoms with Crippen LogP contribution in [0, 0.1) is 10.1 Å². The van der Waals surface area contributed by atoms with E-state index in [1.807, 2.05) is 103 Å². The van der Waals surface area contributed by atoms with Crippen LogP contribution in [-0.4, -0.2) is 21.6 Å². The Bertz CT molecular complexity index is 1890. The number of carbonyl (C=O) groups excluding carboxylic acids is 1. The fraction of sp³-hybridized carbons (Fsp3) is 0. The molecule has 7 heteroatoms. The Balaban J connectivity index is 1.43. The summed E-state index contributed by atoms with van der Waals surface area (Å²) in [6, 6.07) is 41.6. The molecule has 198 valence electrons. The van der Waals surface area contributed by atoms with E-state index in [0.717, 1.165) is 44.5 Å². The zero-order chi connectivity index (χ0) is 28.2. The average Bonchev–Trinajstić information content (AvgIpc) is 3.41. The van der Waals surface area contributed by atoms with Gasteiger partial charge in [-0.15, -0.1) is 0 Å². The Labute approximate surface area is 236 Å². The fourth-order valence-electron chi connectivity index (χ4n) is 4.89. The molecule has 1 amide bonds. The number of nitro groups is 1. The lowest BCUT2D eigenvalue weighted by atomic mass is 10.1. The van der Waals surface area contributed by atoms with Gasteiger partial charge in [0.05, 0.1) is 22.5 Å². The van der Waals surface area contributed by atoms with Crippen molar-refractivity contribution in [2.45, 2.75) is 0 Å². The number of nitrogens with zero attached hydrogens (tertiary/aromatic N) is 3. The Hall–Kier alpha value is -5.82. The third-order valence-corrected chi connectivity index (χ3v) is 6.85. The Morgan fingerprint density at radius 3 is 2.05 bits per heavy atom. The maximum Gasteiger partial charge on any atom is 0.271 e. The first-order chi connectivity index (χ1) is 20.1. The van der Waals surface area contributed by atoms with Crippen molar-refractivity contribution in [3.8, 4) is 28.2 Å². The van der Waals surface area contributed by atoms with Crippen LogP contribution in [0.2, 0.25) is 0 Å². The van der Waals surface area contributed by atoms with Gasteiger partial charge in [-0.3, -0.25) is 14.9 Å². The van der Waals surface area contributed by atoms with Crippen molar-refractivity contribution >= 4 is 28.6 Å². The lowest BCUT2D eigenvalue weighted by Gasteiger charge is -2.15. The lowest BCUT2D eigenvalue weighted by Crippen LogP contribution is -2.17. The molecular formula is C34H24N4O3. The van der Waals surface area contributed by atoms with Crippen LogP contribution in [-0.2, 0) is 0 Å². The van der Waals surface area contributed by atoms with Gasteiger partial charge in [0.1, 0.15) is 0 Å². The highest BCUT2D eigenvalue weighted by Gasteiger charge is 2.19. The topological polar surface area (TPSA) is 89.5 Å². The SMILES string of the molecule is O=C(N/N=C\c1cc(-c2ccccc2)n(-c2ccc([N+](=O)[O-])cc2)c1-c1ccccc1)c1ccc2ccccc2c1. The summed E-state index contributed by atoms with van der Waals surface area (Å²) in [6.07, 6.45) is 1.63. The molecule has 0 bridgehead atoms. The molecule has 7 nitrogen and oxygen atoms in total. The zero-order valence-electron chi connectivity index (χ0n) is 21.8. The quantitative estimate of drug-likeness (QED) is 0.129. The molecule has 1 aromatic heterocycles. The maximum atomic E-state index is 13.0. The van der Waals surface area contributed by atoms with Crippen LogP contribution >= 0.6 is 0 Å². The number of hydrogen-bond donors (Lipinski definition) is 1. The van der Waals surface area contributed by atoms with Crippen LogP contribution in [0.15, 0.2) is 139 Å². The van der Waals surface area contributed by atoms with Gasteiger partial charge in [-0.2, -0.15) is 5.10 Å². The number of carbonyl (C=O) groups is 1. The second-order valence-corrected chi connectivity index (χ2v) is 9.44. The van der Waals surface area contributed by atoms with Gasteiger partial charge in [-0.25, -0.2) is 5.43 Å². The molecule has 6 aromatic rings. The molecule has 1 N–H and O–H groups in total. The third-order valence-electron chi connectivity index (χ3n) is 6.85. The second-order valence-electron chi connectivity index (χ2n) is 9.44. The molecule has 0 aliphatic rings. The summed E-state index contributed by atoms with van der Waals surface area (Å²) in [6.45, 7) is 0. The summed E-state index contributed by atoms with van der Waals surface area (Å²) >= 11 is 0. The van der Waals surface area contributed by atoms with E-state index in [-0.39, 0.29) is 11.6 Å². The normalized spacial score (nSPS) is 11.1. The molecule has 6 rings (SSSR count). The summed E-state index contributed by atoms with van der Waals surface area (Å²) in [5, 5.41) is 17.7. The molecule has 0 aliphatic carbocycles. The number of fused-ring (bicyclic) bond motifs is 1. The summed E-state index contributed by atoms with van der Waals surface area (Å²) in [4.78, 5) is 23.9. The number of hydrogen-bond acceptors (Lipinski definition) is 4. The van der Waals surface area contributed by atoms with E-state index in [1.54, 1.807) is 24.4 Å². The minimum atomic E-state index is -0.411. The summed E-state index contributed by atoms with van der Waals surface area (Å²) in [5.41, 5.74) is 8.32. The van der Waals surface area contributed by atoms with Gasteiger partial charge in [0, 0.05) is 28.9 Å². The molecule has 0 spiro atoms. The van der Waals surface area contributed by atoms with Gasteiger partial charge >= 0.3 is 0 Å². The number of amides is 1. The first-order valence-electron chi connectivity index (χ1n) is 13.0. The van der Waals surface area contributed by atoms with Gasteiger partial charge in [-0.1, -0.05) is 91.0 Å². The van der Waals surface area contributed by atoms with Gasteiger partial charge in [0.25, 0.3) is 11.6 Å². The number of nitro benzene ring substituents is 1. The van der Waals surface area contributed by atoms with Gasteiger partial charge in [0.15, 0.2) is 0 Å². The number of non-ortho nitro benzene ring substituents is 1. The van der Waals surface area contributed by atoms with E-state index in [9.17, 15) is 14.9 Å². The van der Waals surface area contributed by atoms with Crippen molar-refractivity contribution < 1.29 is 9.72 Å². The fourth-order valence-corrected chi connectivity index (χ4v) is 4.89. The first-order valence-corrected chi connectivity index (χ1v) is 13.0. The number of nitrogens with one attached hydrogen (secondary N) is 1. The Morgan fingerprint density at radius 2 is 1.37 bits per heavy atom. The van der Waals surface area contributed by atoms with E-state index in [2.05, 4.69) is 15.1 Å². The van der Waals surface area contributed by atoms with E-state index in [4.69, 9.17) is 0 Å². The number of hydrazone groups is 1. The van der Waals surface area contributed by atoms with E-state index < -0.39 is 4.92 Å². The second kappa shape index (κ2) is 11.1. The van der Waals surface area contributed by atoms with Crippen LogP contribution in [0.1, 0.15) is 15.9 Å². The zero-order valence-corrected chi connectivity index (χ0v) is 21.8. The van der Waals surface area contributed by atoms with Crippen LogP contribution < -0.4 is 5.43 Å². The molecule has 0 saturated carbocycles. The van der Waals surface area contributed by atoms with E-state index >= 15 is 0 Å². The molecule has 0 atom stereocenters. The largest absolute Gasteiger partial charge is 0.309 e. The minimum absolute atomic E-state index is 0.0154. The number of rotatable bonds is 7. The molecule has 0 radical (unpaired) electrons. The van der Waals surface area contributed by atoms with Gasteiger partial charge < -0.3 is 4.57 Å². The molecule has 5 aromatic carbocycles. The molecule has 0 saturated heterocycles. The smallest absolute Gasteiger partial charge is 0.271 e. The highest BCUT2D eigenvalue weighted by Crippen LogP contribution is 2.35. The van der Waals surface area contributed by atoms with Crippen molar-refractivity contribution in [3.63, 3.8) is 0 Å². The number of aromatic nitrogens is 1. The molecule has 0 fully saturated rings. The van der Waals surface area contributed by atoms with Gasteiger partial charge in [-0.05, 0) is 52.2 Å². The lowest BCUT2D eigenvalue weighted by molar-refractivity contribution is -0.384. The van der Waals surface area contributed by atoms with Crippen molar-refractivity contribution in [1.29, 1.82) is 0 Å². The predicted molar refractivity (Wildman–Crippen MR) is 162 cm³/mol. The third kappa shape index (κ3) is 5.24. The monoisotopic (exact) mass is 536 g/mol. The van der Waals surface area contributed by atoms with E-state index in [1.165, 1.54) is 12.1 Å². The highest BCUT2D eigenvalue weighted by atomic mass is 16.6. The molecule has 1 heterocycles. The minimum Gasteiger partial charge on any atom is -0.309 e. The maximum absolute atomic E-state index is 13.0. The summed E-state index contributed by atoms with van der Waals surface area (Å²) in [5.74, 6) is -0.314. The summed E-state index contributed by atoms with van der Waals surface area (Å²) < 4.78 is 2.06. The van der Waals surface area contributed by atoms with Crippen molar-refractivity contribution in [2.24, 2.45) is 5.10 Å². The van der Waals surface area contributed by atoms with Crippen molar-refractivity contribution in [2.75, 3.05) is 0 Å². The molecule has 0 unspecified atom stereocenters. The predicted octanol–water partition coefficient (Wildman–Crippen LogP) is 7.64. The van der Waals surface area contributed by atoms with E-state index in [0.29, 0.717) is 5.56 Å². The number of benzene rings is 5. The van der Waals surface area contributed by atoms with Crippen molar-refractivity contribution in [3.05, 3.63) is 155 Å². The standard InChI is InChI=1S/C34H24N4O3/c39-34(28-16-15-24-9-7-8-14-27(24)21-28)36-35-23-29-22-32(25-10-3-1-4-11-25)37(33(29)26-12-5-2-6-13-26)30-17-19-31(20-18-30)38(40)41/h1-23H,(H,36,39)/b35-23-. The summed E-state index contributed by atoms with van der Waals surface area (Å²) in [7, 11) is 0. The van der Waals surface area contributed by atoms with Crippen LogP contribution in [0.5, 0.6) is 0 Å². The average molecular weight is 537 g/mol.